The molecule has 0 heterocycles. The van der Waals surface area contributed by atoms with Crippen molar-refractivity contribution in [2.24, 2.45) is 0 Å². The second kappa shape index (κ2) is 3.13. The Balaban J connectivity index is 3.31. The van der Waals surface area contributed by atoms with Gasteiger partial charge in [-0.15, -0.1) is 0 Å². The van der Waals surface area contributed by atoms with Crippen LogP contribution in [-0.2, 0) is 0 Å². The van der Waals surface area contributed by atoms with Crippen molar-refractivity contribution in [1.29, 1.82) is 0 Å². The highest BCUT2D eigenvalue weighted by Gasteiger charge is 2.03. The van der Waals surface area contributed by atoms with E-state index in [0.717, 1.165) is 5.56 Å². The van der Waals surface area contributed by atoms with E-state index >= 15 is 0 Å². The molecule has 1 rings (SSSR count). The second-order valence-corrected chi connectivity index (χ2v) is 3.04. The summed E-state index contributed by atoms with van der Waals surface area (Å²) < 4.78 is 13.2. The average molecular weight is 217 g/mol. The molecule has 0 aliphatic rings. The van der Waals surface area contributed by atoms with Crippen LogP contribution in [0.5, 0.6) is 0 Å². The Bertz CT molecular complexity index is 273. The van der Waals surface area contributed by atoms with Crippen LogP contribution in [0.15, 0.2) is 16.6 Å². The third kappa shape index (κ3) is 1.66. The largest absolute Gasteiger partial charge is 0.298 e. The Labute approximate surface area is 72.4 Å². The molecule has 0 saturated heterocycles. The number of aldehydes is 1. The van der Waals surface area contributed by atoms with Crippen LogP contribution < -0.4 is 0 Å². The lowest BCUT2D eigenvalue weighted by Gasteiger charge is -1.99. The first-order valence-electron chi connectivity index (χ1n) is 3.06. The van der Waals surface area contributed by atoms with Gasteiger partial charge in [0.2, 0.25) is 0 Å². The van der Waals surface area contributed by atoms with Gasteiger partial charge < -0.3 is 0 Å². The first-order valence-corrected chi connectivity index (χ1v) is 3.85. The van der Waals surface area contributed by atoms with E-state index in [9.17, 15) is 9.18 Å². The zero-order valence-electron chi connectivity index (χ0n) is 5.90. The molecule has 0 spiro atoms. The molecule has 1 aromatic rings. The standard InChI is InChI=1S/C8H6BrFO/c1-5-2-6(4-11)3-7(10)8(5)9/h2-4H,1H3. The van der Waals surface area contributed by atoms with E-state index in [4.69, 9.17) is 0 Å². The minimum atomic E-state index is -0.396. The van der Waals surface area contributed by atoms with Gasteiger partial charge in [0.1, 0.15) is 12.1 Å². The first-order chi connectivity index (χ1) is 5.15. The SMILES string of the molecule is Cc1cc(C=O)cc(F)c1Br. The van der Waals surface area contributed by atoms with Gasteiger partial charge in [-0.25, -0.2) is 4.39 Å². The van der Waals surface area contributed by atoms with Crippen molar-refractivity contribution in [1.82, 2.24) is 0 Å². The summed E-state index contributed by atoms with van der Waals surface area (Å²) in [5.41, 5.74) is 1.09. The zero-order valence-corrected chi connectivity index (χ0v) is 7.48. The Morgan fingerprint density at radius 1 is 1.55 bits per heavy atom. The van der Waals surface area contributed by atoms with Crippen molar-refractivity contribution in [2.75, 3.05) is 0 Å². The lowest BCUT2D eigenvalue weighted by molar-refractivity contribution is 0.112. The van der Waals surface area contributed by atoms with Crippen LogP contribution >= 0.6 is 15.9 Å². The Morgan fingerprint density at radius 2 is 2.18 bits per heavy atom. The van der Waals surface area contributed by atoms with Crippen LogP contribution in [0, 0.1) is 12.7 Å². The summed E-state index contributed by atoms with van der Waals surface area (Å²) in [6.07, 6.45) is 0.628. The number of hydrogen-bond acceptors (Lipinski definition) is 1. The molecular formula is C8H6BrFO. The molecule has 0 amide bonds. The summed E-state index contributed by atoms with van der Waals surface area (Å²) in [7, 11) is 0. The normalized spacial score (nSPS) is 9.73. The minimum Gasteiger partial charge on any atom is -0.298 e. The smallest absolute Gasteiger partial charge is 0.150 e. The number of halogens is 2. The quantitative estimate of drug-likeness (QED) is 0.661. The van der Waals surface area contributed by atoms with Crippen LogP contribution in [0.25, 0.3) is 0 Å². The second-order valence-electron chi connectivity index (χ2n) is 2.25. The Kier molecular flexibility index (Phi) is 2.39. The van der Waals surface area contributed by atoms with E-state index in [-0.39, 0.29) is 0 Å². The van der Waals surface area contributed by atoms with Crippen molar-refractivity contribution >= 4 is 22.2 Å². The summed E-state index contributed by atoms with van der Waals surface area (Å²) in [6.45, 7) is 1.74. The molecule has 0 radical (unpaired) electrons. The Hall–Kier alpha value is -0.700. The van der Waals surface area contributed by atoms with E-state index in [1.165, 1.54) is 6.07 Å². The highest BCUT2D eigenvalue weighted by molar-refractivity contribution is 9.10. The van der Waals surface area contributed by atoms with Crippen LogP contribution in [0.2, 0.25) is 0 Å². The van der Waals surface area contributed by atoms with E-state index in [1.54, 1.807) is 13.0 Å². The number of aryl methyl sites for hydroxylation is 1. The maximum atomic E-state index is 12.8. The lowest BCUT2D eigenvalue weighted by atomic mass is 10.1. The maximum Gasteiger partial charge on any atom is 0.150 e. The fourth-order valence-electron chi connectivity index (χ4n) is 0.821. The van der Waals surface area contributed by atoms with Crippen molar-refractivity contribution in [3.8, 4) is 0 Å². The monoisotopic (exact) mass is 216 g/mol. The predicted octanol–water partition coefficient (Wildman–Crippen LogP) is 2.71. The fourth-order valence-corrected chi connectivity index (χ4v) is 1.05. The molecule has 11 heavy (non-hydrogen) atoms. The van der Waals surface area contributed by atoms with Crippen LogP contribution in [0.1, 0.15) is 15.9 Å². The number of carbonyl (C=O) groups is 1. The molecule has 1 nitrogen and oxygen atoms in total. The van der Waals surface area contributed by atoms with Gasteiger partial charge in [-0.05, 0) is 40.5 Å². The van der Waals surface area contributed by atoms with Gasteiger partial charge in [0, 0.05) is 5.56 Å². The number of rotatable bonds is 1. The zero-order chi connectivity index (χ0) is 8.43. The molecule has 58 valence electrons. The van der Waals surface area contributed by atoms with Crippen LogP contribution in [0.3, 0.4) is 0 Å². The summed E-state index contributed by atoms with van der Waals surface area (Å²) >= 11 is 3.05. The molecule has 0 aliphatic carbocycles. The minimum absolute atomic E-state index is 0.364. The molecule has 0 fully saturated rings. The Morgan fingerprint density at radius 3 is 2.64 bits per heavy atom. The average Bonchev–Trinajstić information content (AvgIpc) is 1.99. The van der Waals surface area contributed by atoms with Gasteiger partial charge in [-0.1, -0.05) is 0 Å². The van der Waals surface area contributed by atoms with Crippen LogP contribution in [-0.4, -0.2) is 6.29 Å². The van der Waals surface area contributed by atoms with Crippen molar-refractivity contribution < 1.29 is 9.18 Å². The molecule has 0 unspecified atom stereocenters. The molecule has 0 aromatic heterocycles. The van der Waals surface area contributed by atoms with E-state index in [2.05, 4.69) is 15.9 Å². The van der Waals surface area contributed by atoms with Gasteiger partial charge in [0.25, 0.3) is 0 Å². The lowest BCUT2D eigenvalue weighted by Crippen LogP contribution is -1.87. The molecule has 3 heteroatoms. The van der Waals surface area contributed by atoms with Gasteiger partial charge >= 0.3 is 0 Å². The molecule has 0 aliphatic heterocycles. The van der Waals surface area contributed by atoms with E-state index < -0.39 is 5.82 Å². The molecule has 0 atom stereocenters. The number of benzene rings is 1. The maximum absolute atomic E-state index is 12.8. The van der Waals surface area contributed by atoms with E-state index in [1.807, 2.05) is 0 Å². The van der Waals surface area contributed by atoms with Crippen molar-refractivity contribution in [2.45, 2.75) is 6.92 Å². The third-order valence-electron chi connectivity index (χ3n) is 1.37. The molecule has 0 bridgehead atoms. The summed E-state index contributed by atoms with van der Waals surface area (Å²) in [6, 6.07) is 2.82. The third-order valence-corrected chi connectivity index (χ3v) is 2.37. The fraction of sp³-hybridized carbons (Fsp3) is 0.125. The number of hydrogen-bond donors (Lipinski definition) is 0. The highest BCUT2D eigenvalue weighted by Crippen LogP contribution is 2.20. The topological polar surface area (TPSA) is 17.1 Å². The first kappa shape index (κ1) is 8.40. The molecular weight excluding hydrogens is 211 g/mol. The van der Waals surface area contributed by atoms with Gasteiger partial charge in [-0.3, -0.25) is 4.79 Å². The predicted molar refractivity (Wildman–Crippen MR) is 44.2 cm³/mol. The molecule has 1 aromatic carbocycles. The summed E-state index contributed by atoms with van der Waals surface area (Å²) in [4.78, 5) is 10.2. The van der Waals surface area contributed by atoms with E-state index in [0.29, 0.717) is 16.3 Å². The summed E-state index contributed by atoms with van der Waals surface area (Å²) in [5, 5.41) is 0. The summed E-state index contributed by atoms with van der Waals surface area (Å²) in [5.74, 6) is -0.396. The van der Waals surface area contributed by atoms with Gasteiger partial charge in [0.15, 0.2) is 0 Å². The highest BCUT2D eigenvalue weighted by atomic mass is 79.9. The van der Waals surface area contributed by atoms with Crippen molar-refractivity contribution in [3.05, 3.63) is 33.5 Å². The van der Waals surface area contributed by atoms with Gasteiger partial charge in [-0.2, -0.15) is 0 Å². The molecule has 0 saturated carbocycles. The molecule has 0 N–H and O–H groups in total. The van der Waals surface area contributed by atoms with Crippen LogP contribution in [0.4, 0.5) is 4.39 Å². The number of carbonyl (C=O) groups excluding carboxylic acids is 1. The van der Waals surface area contributed by atoms with Gasteiger partial charge in [0.05, 0.1) is 4.47 Å². The van der Waals surface area contributed by atoms with Crippen molar-refractivity contribution in [3.63, 3.8) is 0 Å².